The zero-order chi connectivity index (χ0) is 31.0. The molecule has 236 valence electrons. The second-order valence-electron chi connectivity index (χ2n) is 12.8. The Labute approximate surface area is 261 Å². The van der Waals surface area contributed by atoms with Crippen molar-refractivity contribution in [2.75, 3.05) is 19.8 Å². The number of carbonyl (C=O) groups excluding carboxylic acids is 1. The van der Waals surface area contributed by atoms with Crippen LogP contribution < -0.4 is 16.4 Å². The van der Waals surface area contributed by atoms with Crippen LogP contribution in [0, 0.1) is 17.0 Å². The molecular weight excluding hydrogens is 599 g/mol. The van der Waals surface area contributed by atoms with E-state index < -0.39 is 52.3 Å². The summed E-state index contributed by atoms with van der Waals surface area (Å²) in [6, 6.07) is 7.05. The summed E-state index contributed by atoms with van der Waals surface area (Å²) in [5.41, 5.74) is 5.47. The third-order valence-corrected chi connectivity index (χ3v) is 10.0. The molecule has 0 aromatic heterocycles. The van der Waals surface area contributed by atoms with E-state index >= 15 is 8.78 Å². The van der Waals surface area contributed by atoms with Gasteiger partial charge in [-0.05, 0) is 68.7 Å². The van der Waals surface area contributed by atoms with Gasteiger partial charge in [0.25, 0.3) is 0 Å². The highest BCUT2D eigenvalue weighted by Gasteiger charge is 2.59. The van der Waals surface area contributed by atoms with Crippen LogP contribution >= 0.6 is 23.2 Å². The van der Waals surface area contributed by atoms with Crippen molar-refractivity contribution >= 4 is 29.1 Å². The van der Waals surface area contributed by atoms with Crippen molar-refractivity contribution in [3.05, 3.63) is 69.2 Å². The van der Waals surface area contributed by atoms with Crippen molar-refractivity contribution in [3.63, 3.8) is 0 Å². The monoisotopic (exact) mass is 639 g/mol. The summed E-state index contributed by atoms with van der Waals surface area (Å²) in [5, 5.41) is 17.0. The minimum atomic E-state index is -1.60. The van der Waals surface area contributed by atoms with Gasteiger partial charge in [-0.3, -0.25) is 4.79 Å². The lowest BCUT2D eigenvalue weighted by molar-refractivity contribution is -0.138. The van der Waals surface area contributed by atoms with Crippen LogP contribution in [0.15, 0.2) is 36.4 Å². The van der Waals surface area contributed by atoms with Crippen molar-refractivity contribution in [3.8, 4) is 0 Å². The SMILES string of the molecule is CC1(C)OCC(CCNC(=O)[C@@H]2N[C@@H](CC3(CO)CCCCC3)[C@](N)(c3ccc(Cl)cc3F)[C@H]2c2cccc(Cl)c2F)O1. The largest absolute Gasteiger partial charge is 0.396 e. The van der Waals surface area contributed by atoms with Crippen LogP contribution in [0.4, 0.5) is 8.78 Å². The molecule has 5 atom stereocenters. The molecular formula is C32H41Cl2F2N3O4. The Hall–Kier alpha value is -1.85. The fourth-order valence-electron chi connectivity index (χ4n) is 7.32. The number of ether oxygens (including phenoxy) is 2. The first-order chi connectivity index (χ1) is 20.4. The lowest BCUT2D eigenvalue weighted by Gasteiger charge is -2.43. The van der Waals surface area contributed by atoms with Crippen molar-refractivity contribution < 1.29 is 28.2 Å². The van der Waals surface area contributed by atoms with Crippen molar-refractivity contribution in [2.24, 2.45) is 11.1 Å². The van der Waals surface area contributed by atoms with Gasteiger partial charge in [0.1, 0.15) is 11.6 Å². The molecule has 2 heterocycles. The summed E-state index contributed by atoms with van der Waals surface area (Å²) < 4.78 is 43.2. The highest BCUT2D eigenvalue weighted by molar-refractivity contribution is 6.31. The van der Waals surface area contributed by atoms with Gasteiger partial charge in [0.05, 0.1) is 29.3 Å². The zero-order valence-electron chi connectivity index (χ0n) is 24.6. The molecule has 11 heteroatoms. The molecule has 7 nitrogen and oxygen atoms in total. The Morgan fingerprint density at radius 3 is 2.56 bits per heavy atom. The molecule has 2 aliphatic heterocycles. The molecule has 1 amide bonds. The van der Waals surface area contributed by atoms with Gasteiger partial charge < -0.3 is 30.9 Å². The summed E-state index contributed by atoms with van der Waals surface area (Å²) in [5.74, 6) is -3.51. The van der Waals surface area contributed by atoms with Crippen LogP contribution in [0.5, 0.6) is 0 Å². The van der Waals surface area contributed by atoms with Gasteiger partial charge in [-0.2, -0.15) is 0 Å². The Balaban J connectivity index is 1.55. The topological polar surface area (TPSA) is 106 Å². The van der Waals surface area contributed by atoms with E-state index in [-0.39, 0.29) is 40.4 Å². The molecule has 5 N–H and O–H groups in total. The third kappa shape index (κ3) is 6.59. The highest BCUT2D eigenvalue weighted by atomic mass is 35.5. The molecule has 0 radical (unpaired) electrons. The molecule has 2 saturated heterocycles. The number of hydrogen-bond donors (Lipinski definition) is 4. The molecule has 43 heavy (non-hydrogen) atoms. The Morgan fingerprint density at radius 1 is 1.16 bits per heavy atom. The van der Waals surface area contributed by atoms with E-state index in [0.29, 0.717) is 19.4 Å². The van der Waals surface area contributed by atoms with Gasteiger partial charge >= 0.3 is 0 Å². The molecule has 2 aromatic rings. The average Bonchev–Trinajstić information content (AvgIpc) is 3.46. The van der Waals surface area contributed by atoms with Gasteiger partial charge in [-0.15, -0.1) is 0 Å². The summed E-state index contributed by atoms with van der Waals surface area (Å²) in [6.45, 7) is 4.29. The fraction of sp³-hybridized carbons (Fsp3) is 0.594. The number of rotatable bonds is 9. The number of nitrogens with two attached hydrogens (primary N) is 1. The van der Waals surface area contributed by atoms with Crippen LogP contribution in [-0.2, 0) is 19.8 Å². The first kappa shape index (κ1) is 32.5. The number of carbonyl (C=O) groups is 1. The van der Waals surface area contributed by atoms with E-state index in [4.69, 9.17) is 38.4 Å². The van der Waals surface area contributed by atoms with Crippen molar-refractivity contribution in [2.45, 2.75) is 94.2 Å². The predicted molar refractivity (Wildman–Crippen MR) is 162 cm³/mol. The molecule has 3 fully saturated rings. The van der Waals surface area contributed by atoms with Gasteiger partial charge in [0.2, 0.25) is 5.91 Å². The maximum Gasteiger partial charge on any atom is 0.237 e. The summed E-state index contributed by atoms with van der Waals surface area (Å²) in [4.78, 5) is 14.0. The van der Waals surface area contributed by atoms with E-state index in [2.05, 4.69) is 10.6 Å². The van der Waals surface area contributed by atoms with E-state index in [0.717, 1.165) is 32.1 Å². The minimum absolute atomic E-state index is 0.0722. The van der Waals surface area contributed by atoms with Crippen molar-refractivity contribution in [1.29, 1.82) is 0 Å². The Bertz CT molecular complexity index is 1330. The fourth-order valence-corrected chi connectivity index (χ4v) is 7.67. The quantitative estimate of drug-likeness (QED) is 0.287. The second kappa shape index (κ2) is 12.9. The first-order valence-electron chi connectivity index (χ1n) is 15.0. The number of hydrogen-bond acceptors (Lipinski definition) is 6. The van der Waals surface area contributed by atoms with Crippen LogP contribution in [-0.4, -0.2) is 54.7 Å². The number of aliphatic hydroxyl groups excluding tert-OH is 1. The Kier molecular flexibility index (Phi) is 9.74. The van der Waals surface area contributed by atoms with Crippen LogP contribution in [0.3, 0.4) is 0 Å². The van der Waals surface area contributed by atoms with E-state index in [1.165, 1.54) is 24.3 Å². The lowest BCUT2D eigenvalue weighted by atomic mass is 9.64. The summed E-state index contributed by atoms with van der Waals surface area (Å²) >= 11 is 12.4. The maximum atomic E-state index is 15.8. The molecule has 1 aliphatic carbocycles. The van der Waals surface area contributed by atoms with E-state index in [1.54, 1.807) is 12.1 Å². The molecule has 2 aromatic carbocycles. The standard InChI is InChI=1S/C32H41Cl2F2N3O4/c1-30(2)42-17-20(43-30)11-14-38-29(41)28-26(21-7-6-8-23(34)27(21)36)32(37,22-10-9-19(33)15-24(22)35)25(39-28)16-31(18-40)12-4-3-5-13-31/h6-10,15,20,25-26,28,39-40H,3-5,11-14,16-18,37H2,1-2H3,(H,38,41)/t20?,25-,26-,28+,32+/m0/s1. The van der Waals surface area contributed by atoms with Crippen LogP contribution in [0.2, 0.25) is 10.0 Å². The van der Waals surface area contributed by atoms with E-state index in [9.17, 15) is 9.90 Å². The Morgan fingerprint density at radius 2 is 1.91 bits per heavy atom. The minimum Gasteiger partial charge on any atom is -0.396 e. The highest BCUT2D eigenvalue weighted by Crippen LogP contribution is 2.52. The van der Waals surface area contributed by atoms with Gasteiger partial charge in [0, 0.05) is 35.7 Å². The molecule has 3 aliphatic rings. The number of halogens is 4. The smallest absolute Gasteiger partial charge is 0.237 e. The van der Waals surface area contributed by atoms with Gasteiger partial charge in [-0.1, -0.05) is 60.7 Å². The number of amides is 1. The first-order valence-corrected chi connectivity index (χ1v) is 15.8. The molecule has 0 bridgehead atoms. The molecule has 1 unspecified atom stereocenters. The molecule has 1 saturated carbocycles. The lowest BCUT2D eigenvalue weighted by Crippen LogP contribution is -2.53. The average molecular weight is 641 g/mol. The summed E-state index contributed by atoms with van der Waals surface area (Å²) in [6.07, 6.45) is 5.19. The molecule has 5 rings (SSSR count). The third-order valence-electron chi connectivity index (χ3n) is 9.52. The van der Waals surface area contributed by atoms with Crippen molar-refractivity contribution in [1.82, 2.24) is 10.6 Å². The van der Waals surface area contributed by atoms with Crippen LogP contribution in [0.1, 0.15) is 75.8 Å². The van der Waals surface area contributed by atoms with Gasteiger partial charge in [-0.25, -0.2) is 8.78 Å². The number of benzene rings is 2. The number of aliphatic hydroxyl groups is 1. The summed E-state index contributed by atoms with van der Waals surface area (Å²) in [7, 11) is 0. The zero-order valence-corrected chi connectivity index (χ0v) is 26.1. The normalized spacial score (nSPS) is 30.0. The van der Waals surface area contributed by atoms with Crippen LogP contribution in [0.25, 0.3) is 0 Å². The second-order valence-corrected chi connectivity index (χ2v) is 13.7. The maximum absolute atomic E-state index is 15.8. The van der Waals surface area contributed by atoms with Gasteiger partial charge in [0.15, 0.2) is 5.79 Å². The number of nitrogens with one attached hydrogen (secondary N) is 2. The van der Waals surface area contributed by atoms with E-state index in [1.807, 2.05) is 13.8 Å². The molecule has 0 spiro atoms. The predicted octanol–water partition coefficient (Wildman–Crippen LogP) is 5.54.